The molecule has 3 aromatic heterocycles. The van der Waals surface area contributed by atoms with E-state index >= 15 is 0 Å². The highest BCUT2D eigenvalue weighted by molar-refractivity contribution is 6.26. The van der Waals surface area contributed by atoms with Crippen LogP contribution in [-0.2, 0) is 0 Å². The van der Waals surface area contributed by atoms with Gasteiger partial charge in [0.1, 0.15) is 5.82 Å². The maximum Gasteiger partial charge on any atom is 0.145 e. The predicted molar refractivity (Wildman–Crippen MR) is 195 cm³/mol. The van der Waals surface area contributed by atoms with Crippen molar-refractivity contribution in [2.24, 2.45) is 0 Å². The number of rotatable bonds is 4. The third-order valence-corrected chi connectivity index (χ3v) is 9.42. The average Bonchev–Trinajstić information content (AvgIpc) is 3.80. The first-order chi connectivity index (χ1) is 23.3. The summed E-state index contributed by atoms with van der Waals surface area (Å²) in [7, 11) is 0. The van der Waals surface area contributed by atoms with Gasteiger partial charge >= 0.3 is 0 Å². The molecule has 0 radical (unpaired) electrons. The van der Waals surface area contributed by atoms with Crippen LogP contribution in [0.2, 0.25) is 0 Å². The second kappa shape index (κ2) is 10.1. The summed E-state index contributed by atoms with van der Waals surface area (Å²) >= 11 is 0. The van der Waals surface area contributed by atoms with Gasteiger partial charge in [0, 0.05) is 44.2 Å². The van der Waals surface area contributed by atoms with E-state index in [-0.39, 0.29) is 0 Å². The van der Waals surface area contributed by atoms with E-state index in [9.17, 15) is 0 Å². The van der Waals surface area contributed by atoms with Crippen molar-refractivity contribution >= 4 is 54.6 Å². The molecule has 3 heterocycles. The molecule has 0 fully saturated rings. The Labute approximate surface area is 271 Å². The summed E-state index contributed by atoms with van der Waals surface area (Å²) in [5.74, 6) is 0.931. The molecule has 0 aliphatic heterocycles. The van der Waals surface area contributed by atoms with Crippen LogP contribution < -0.4 is 0 Å². The number of benzene rings is 7. The molecular weight excluding hydrogens is 573 g/mol. The lowest BCUT2D eigenvalue weighted by molar-refractivity contribution is 1.09. The van der Waals surface area contributed by atoms with Crippen molar-refractivity contribution in [2.75, 3.05) is 0 Å². The van der Waals surface area contributed by atoms with Crippen LogP contribution in [0.1, 0.15) is 0 Å². The highest BCUT2D eigenvalue weighted by Gasteiger charge is 2.21. The number of hydrogen-bond acceptors (Lipinski definition) is 1. The number of fused-ring (bicyclic) bond motifs is 8. The lowest BCUT2D eigenvalue weighted by atomic mass is 10.1. The number of hydrogen-bond donors (Lipinski definition) is 0. The lowest BCUT2D eigenvalue weighted by Crippen LogP contribution is -2.00. The van der Waals surface area contributed by atoms with Crippen molar-refractivity contribution in [3.63, 3.8) is 0 Å². The SMILES string of the molecule is c1ccc(-c2nc3ccccc3n2-c2cccc(-n3c4ccccc4c4c3ccc3c5ccccc5n(-c5ccccc5)c34)c2)cc1. The third kappa shape index (κ3) is 3.79. The molecule has 0 unspecified atom stereocenters. The van der Waals surface area contributed by atoms with E-state index in [1.54, 1.807) is 0 Å². The summed E-state index contributed by atoms with van der Waals surface area (Å²) in [4.78, 5) is 5.10. The smallest absolute Gasteiger partial charge is 0.145 e. The molecule has 4 heteroatoms. The second-order valence-corrected chi connectivity index (χ2v) is 12.0. The molecular formula is C43H28N4. The van der Waals surface area contributed by atoms with E-state index in [2.05, 4.69) is 177 Å². The van der Waals surface area contributed by atoms with Gasteiger partial charge in [0.2, 0.25) is 0 Å². The van der Waals surface area contributed by atoms with Gasteiger partial charge in [-0.25, -0.2) is 4.98 Å². The number of para-hydroxylation sites is 5. The van der Waals surface area contributed by atoms with Crippen LogP contribution in [0.4, 0.5) is 0 Å². The number of aromatic nitrogens is 4. The Morgan fingerprint density at radius 1 is 0.362 bits per heavy atom. The summed E-state index contributed by atoms with van der Waals surface area (Å²) in [6, 6.07) is 60.6. The minimum absolute atomic E-state index is 0.931. The Morgan fingerprint density at radius 3 is 1.74 bits per heavy atom. The Hall–Kier alpha value is -6.39. The minimum atomic E-state index is 0.931. The minimum Gasteiger partial charge on any atom is -0.309 e. The van der Waals surface area contributed by atoms with Gasteiger partial charge in [-0.05, 0) is 60.7 Å². The molecule has 220 valence electrons. The molecule has 47 heavy (non-hydrogen) atoms. The first kappa shape index (κ1) is 25.9. The van der Waals surface area contributed by atoms with E-state index in [0.717, 1.165) is 39.5 Å². The van der Waals surface area contributed by atoms with Crippen LogP contribution in [0, 0.1) is 0 Å². The van der Waals surface area contributed by atoms with Gasteiger partial charge in [-0.3, -0.25) is 4.57 Å². The molecule has 0 N–H and O–H groups in total. The van der Waals surface area contributed by atoms with Gasteiger partial charge in [0.15, 0.2) is 0 Å². The molecule has 4 nitrogen and oxygen atoms in total. The molecule has 0 bridgehead atoms. The molecule has 0 aliphatic rings. The van der Waals surface area contributed by atoms with E-state index in [1.165, 1.54) is 43.6 Å². The first-order valence-corrected chi connectivity index (χ1v) is 16.0. The molecule has 10 rings (SSSR count). The number of imidazole rings is 1. The molecule has 0 saturated heterocycles. The second-order valence-electron chi connectivity index (χ2n) is 12.0. The fraction of sp³-hybridized carbons (Fsp3) is 0. The summed E-state index contributed by atoms with van der Waals surface area (Å²) < 4.78 is 7.14. The molecule has 0 aliphatic carbocycles. The topological polar surface area (TPSA) is 27.7 Å². The van der Waals surface area contributed by atoms with Gasteiger partial charge in [-0.2, -0.15) is 0 Å². The van der Waals surface area contributed by atoms with Gasteiger partial charge in [-0.1, -0.05) is 109 Å². The van der Waals surface area contributed by atoms with Crippen molar-refractivity contribution in [3.05, 3.63) is 170 Å². The van der Waals surface area contributed by atoms with Gasteiger partial charge < -0.3 is 9.13 Å². The van der Waals surface area contributed by atoms with Crippen molar-refractivity contribution in [1.82, 2.24) is 18.7 Å². The molecule has 0 saturated carbocycles. The van der Waals surface area contributed by atoms with Gasteiger partial charge in [0.05, 0.1) is 33.1 Å². The fourth-order valence-corrected chi connectivity index (χ4v) is 7.47. The van der Waals surface area contributed by atoms with E-state index in [0.29, 0.717) is 0 Å². The quantitative estimate of drug-likeness (QED) is 0.197. The van der Waals surface area contributed by atoms with Crippen LogP contribution in [0.3, 0.4) is 0 Å². The Kier molecular flexibility index (Phi) is 5.54. The van der Waals surface area contributed by atoms with E-state index in [1.807, 2.05) is 6.07 Å². The van der Waals surface area contributed by atoms with E-state index < -0.39 is 0 Å². The fourth-order valence-electron chi connectivity index (χ4n) is 7.47. The van der Waals surface area contributed by atoms with Crippen molar-refractivity contribution in [3.8, 4) is 28.5 Å². The van der Waals surface area contributed by atoms with E-state index in [4.69, 9.17) is 4.98 Å². The highest BCUT2D eigenvalue weighted by atomic mass is 15.1. The zero-order chi connectivity index (χ0) is 30.9. The number of nitrogens with zero attached hydrogens (tertiary/aromatic N) is 4. The van der Waals surface area contributed by atoms with Crippen LogP contribution >= 0.6 is 0 Å². The Bertz CT molecular complexity index is 2780. The third-order valence-electron chi connectivity index (χ3n) is 9.42. The van der Waals surface area contributed by atoms with Crippen LogP contribution in [-0.4, -0.2) is 18.7 Å². The maximum absolute atomic E-state index is 5.10. The first-order valence-electron chi connectivity index (χ1n) is 16.0. The maximum atomic E-state index is 5.10. The van der Waals surface area contributed by atoms with Crippen molar-refractivity contribution < 1.29 is 0 Å². The largest absolute Gasteiger partial charge is 0.309 e. The predicted octanol–water partition coefficient (Wildman–Crippen LogP) is 10.9. The zero-order valence-corrected chi connectivity index (χ0v) is 25.5. The molecule has 0 amide bonds. The van der Waals surface area contributed by atoms with Gasteiger partial charge in [0.25, 0.3) is 0 Å². The van der Waals surface area contributed by atoms with Gasteiger partial charge in [-0.15, -0.1) is 0 Å². The molecule has 10 aromatic rings. The Morgan fingerprint density at radius 2 is 0.957 bits per heavy atom. The molecule has 0 spiro atoms. The zero-order valence-electron chi connectivity index (χ0n) is 25.5. The molecule has 7 aromatic carbocycles. The normalized spacial score (nSPS) is 11.8. The van der Waals surface area contributed by atoms with Crippen LogP contribution in [0.25, 0.3) is 83.1 Å². The highest BCUT2D eigenvalue weighted by Crippen LogP contribution is 2.42. The monoisotopic (exact) mass is 600 g/mol. The van der Waals surface area contributed by atoms with Crippen LogP contribution in [0.5, 0.6) is 0 Å². The van der Waals surface area contributed by atoms with Crippen molar-refractivity contribution in [2.45, 2.75) is 0 Å². The van der Waals surface area contributed by atoms with Crippen molar-refractivity contribution in [1.29, 1.82) is 0 Å². The molecule has 0 atom stereocenters. The summed E-state index contributed by atoms with van der Waals surface area (Å²) in [6.07, 6.45) is 0. The standard InChI is InChI=1S/C43H28N4/c1-3-14-29(15-4-1)43-44-36-22-9-12-25-39(36)47(43)32-19-13-18-31(28-32)45-38-24-11-8-21-35(38)41-40(45)27-26-34-33-20-7-10-23-37(33)46(42(34)41)30-16-5-2-6-17-30/h1-28H. The Balaban J connectivity index is 1.29. The van der Waals surface area contributed by atoms with Crippen LogP contribution in [0.15, 0.2) is 170 Å². The summed E-state index contributed by atoms with van der Waals surface area (Å²) in [5, 5.41) is 5.00. The summed E-state index contributed by atoms with van der Waals surface area (Å²) in [5.41, 5.74) is 11.3. The average molecular weight is 601 g/mol. The summed E-state index contributed by atoms with van der Waals surface area (Å²) in [6.45, 7) is 0. The lowest BCUT2D eigenvalue weighted by Gasteiger charge is -2.14.